The molecule has 0 unspecified atom stereocenters. The van der Waals surface area contributed by atoms with Crippen LogP contribution in [0.2, 0.25) is 0 Å². The Kier molecular flexibility index (Phi) is 4.79. The van der Waals surface area contributed by atoms with E-state index in [1.54, 1.807) is 4.79 Å². The molecule has 0 saturated heterocycles. The van der Waals surface area contributed by atoms with E-state index in [0.29, 0.717) is 0 Å². The topological polar surface area (TPSA) is 51.4 Å². The summed E-state index contributed by atoms with van der Waals surface area (Å²) in [4.78, 5) is 5.57. The Morgan fingerprint density at radius 1 is 1.00 bits per heavy atom. The summed E-state index contributed by atoms with van der Waals surface area (Å²) in [6.07, 6.45) is 0. The molecule has 0 fully saturated rings. The molecule has 24 heavy (non-hydrogen) atoms. The molecule has 0 amide bonds. The number of para-hydroxylation sites is 2. The summed E-state index contributed by atoms with van der Waals surface area (Å²) in [6.45, 7) is 0. The molecule has 1 aromatic carbocycles. The second-order valence-electron chi connectivity index (χ2n) is 5.16. The van der Waals surface area contributed by atoms with Crippen LogP contribution in [0.25, 0.3) is 11.0 Å². The number of hydrogen-bond acceptors (Lipinski definition) is 2. The number of guanidine groups is 1. The minimum absolute atomic E-state index is 0.837. The summed E-state index contributed by atoms with van der Waals surface area (Å²) in [5.74, 6) is 0.837. The van der Waals surface area contributed by atoms with Gasteiger partial charge in [-0.05, 0) is 27.2 Å². The molecular formula is C11H17F6N6P. The maximum absolute atomic E-state index is 10.7. The van der Waals surface area contributed by atoms with Crippen LogP contribution in [-0.2, 0) is 0 Å². The Morgan fingerprint density at radius 2 is 1.46 bits per heavy atom. The fourth-order valence-electron chi connectivity index (χ4n) is 1.64. The second kappa shape index (κ2) is 5.76. The van der Waals surface area contributed by atoms with E-state index in [1.807, 2.05) is 62.3 Å². The summed E-state index contributed by atoms with van der Waals surface area (Å²) in [7, 11) is -2.83. The van der Waals surface area contributed by atoms with E-state index in [-0.39, 0.29) is 0 Å². The predicted octanol–water partition coefficient (Wildman–Crippen LogP) is 3.48. The summed E-state index contributed by atoms with van der Waals surface area (Å²) in [5.41, 5.74) is 1.85. The predicted molar refractivity (Wildman–Crippen MR) is 80.1 cm³/mol. The zero-order chi connectivity index (χ0) is 18.8. The molecule has 13 heteroatoms. The first-order chi connectivity index (χ1) is 10.5. The van der Waals surface area contributed by atoms with Gasteiger partial charge in [0.2, 0.25) is 11.5 Å². The van der Waals surface area contributed by atoms with Crippen molar-refractivity contribution in [2.75, 3.05) is 28.2 Å². The van der Waals surface area contributed by atoms with Crippen molar-refractivity contribution in [3.05, 3.63) is 24.3 Å². The maximum atomic E-state index is 9.87. The van der Waals surface area contributed by atoms with E-state index in [0.717, 1.165) is 17.0 Å². The van der Waals surface area contributed by atoms with Crippen LogP contribution in [-0.4, -0.2) is 54.3 Å². The first-order valence-electron chi connectivity index (χ1n) is 6.40. The number of rotatable bonds is 1. The molecule has 2 aromatic rings. The van der Waals surface area contributed by atoms with Gasteiger partial charge < -0.3 is 9.80 Å². The zero-order valence-electron chi connectivity index (χ0n) is 13.3. The first kappa shape index (κ1) is 19.9. The number of benzene rings is 1. The van der Waals surface area contributed by atoms with E-state index >= 15 is 0 Å². The molecule has 2 rings (SSSR count). The van der Waals surface area contributed by atoms with Crippen molar-refractivity contribution in [1.82, 2.24) is 20.1 Å². The third kappa shape index (κ3) is 7.95. The van der Waals surface area contributed by atoms with Crippen molar-refractivity contribution in [3.8, 4) is 0 Å². The molecule has 0 spiro atoms. The van der Waals surface area contributed by atoms with Gasteiger partial charge in [-0.2, -0.15) is 0 Å². The summed E-state index contributed by atoms with van der Waals surface area (Å²) in [6, 6.07) is 7.85. The molecule has 0 atom stereocenters. The Hall–Kier alpha value is -2.10. The number of aromatic nitrogens is 3. The van der Waals surface area contributed by atoms with Gasteiger partial charge in [-0.1, -0.05) is 12.1 Å². The fourth-order valence-corrected chi connectivity index (χ4v) is 1.64. The zero-order valence-corrected chi connectivity index (χ0v) is 14.2. The van der Waals surface area contributed by atoms with E-state index in [1.165, 1.54) is 0 Å². The molecule has 0 aliphatic heterocycles. The van der Waals surface area contributed by atoms with Crippen LogP contribution in [0.3, 0.4) is 0 Å². The van der Waals surface area contributed by atoms with Crippen LogP contribution in [0.5, 0.6) is 0 Å². The van der Waals surface area contributed by atoms with Gasteiger partial charge in [-0.25, -0.2) is 0 Å². The van der Waals surface area contributed by atoms with E-state index in [4.69, 9.17) is 0 Å². The van der Waals surface area contributed by atoms with Crippen LogP contribution in [0.4, 0.5) is 25.2 Å². The number of nitrogens with one attached hydrogen (secondary N) is 1. The van der Waals surface area contributed by atoms with Crippen molar-refractivity contribution in [1.29, 1.82) is 0 Å². The average molecular weight is 378 g/mol. The van der Waals surface area contributed by atoms with E-state index in [2.05, 4.69) is 15.4 Å². The van der Waals surface area contributed by atoms with Gasteiger partial charge >= 0.3 is 33.0 Å². The van der Waals surface area contributed by atoms with Gasteiger partial charge in [0.25, 0.3) is 5.52 Å². The Balaban J connectivity index is 0.000000351. The van der Waals surface area contributed by atoms with Gasteiger partial charge in [0.05, 0.1) is 0 Å². The third-order valence-electron chi connectivity index (χ3n) is 2.36. The third-order valence-corrected chi connectivity index (χ3v) is 2.36. The normalized spacial score (nSPS) is 14.1. The van der Waals surface area contributed by atoms with Crippen molar-refractivity contribution >= 4 is 24.8 Å². The molecule has 1 N–H and O–H groups in total. The van der Waals surface area contributed by atoms with Gasteiger partial charge in [0.15, 0.2) is 0 Å². The number of fused-ring (bicyclic) bond motifs is 1. The Bertz CT molecular complexity index is 715. The number of aromatic amines is 1. The summed E-state index contributed by atoms with van der Waals surface area (Å²) >= 11 is 0. The second-order valence-corrected chi connectivity index (χ2v) is 7.08. The van der Waals surface area contributed by atoms with Crippen LogP contribution >= 0.6 is 7.81 Å². The summed E-state index contributed by atoms with van der Waals surface area (Å²) in [5, 5.41) is 11.6. The van der Waals surface area contributed by atoms with Crippen LogP contribution in [0.15, 0.2) is 29.4 Å². The Morgan fingerprint density at radius 3 is 1.92 bits per heavy atom. The molecule has 6 nitrogen and oxygen atoms in total. The number of H-pyrrole nitrogens is 1. The molecule has 0 radical (unpaired) electrons. The molecule has 138 valence electrons. The monoisotopic (exact) mass is 378 g/mol. The molecule has 1 heterocycles. The van der Waals surface area contributed by atoms with Crippen LogP contribution in [0.1, 0.15) is 0 Å². The standard InChI is InChI=1S/C11H16N6.F6P/c1-15(2)11(16(3)4)13-17-10-8-6-5-7-9(10)12-14-17;1-7(2,3,4,5)6/h5-8H,1-4H3;/q;-1/p+1. The quantitative estimate of drug-likeness (QED) is 0.272. The van der Waals surface area contributed by atoms with Crippen LogP contribution < -0.4 is 4.79 Å². The van der Waals surface area contributed by atoms with Crippen molar-refractivity contribution < 1.29 is 30.0 Å². The van der Waals surface area contributed by atoms with Gasteiger partial charge in [0, 0.05) is 33.3 Å². The van der Waals surface area contributed by atoms with Crippen LogP contribution in [0, 0.1) is 0 Å². The van der Waals surface area contributed by atoms with Gasteiger partial charge in [-0.15, -0.1) is 0 Å². The SMILES string of the molecule is CN(C)C(=N[n+]1[nH]nc2ccccc21)N(C)C.F[P-](F)(F)(F)(F)F. The van der Waals surface area contributed by atoms with E-state index in [9.17, 15) is 25.2 Å². The number of halogens is 6. The van der Waals surface area contributed by atoms with E-state index < -0.39 is 7.81 Å². The fraction of sp³-hybridized carbons (Fsp3) is 0.364. The van der Waals surface area contributed by atoms with Crippen molar-refractivity contribution in [2.45, 2.75) is 0 Å². The molecule has 0 bridgehead atoms. The van der Waals surface area contributed by atoms with Gasteiger partial charge in [-0.3, -0.25) is 0 Å². The average Bonchev–Trinajstić information content (AvgIpc) is 2.74. The van der Waals surface area contributed by atoms with Crippen molar-refractivity contribution in [3.63, 3.8) is 0 Å². The minimum atomic E-state index is -10.7. The van der Waals surface area contributed by atoms with Gasteiger partial charge in [0.1, 0.15) is 0 Å². The number of hydrogen-bond donors (Lipinski definition) is 1. The summed E-state index contributed by atoms with van der Waals surface area (Å²) < 4.78 is 59.2. The molecular weight excluding hydrogens is 361 g/mol. The molecule has 0 saturated carbocycles. The molecule has 1 aromatic heterocycles. The molecule has 0 aliphatic carbocycles. The first-order valence-corrected chi connectivity index (χ1v) is 8.42. The molecule has 0 aliphatic rings. The van der Waals surface area contributed by atoms with Crippen molar-refractivity contribution in [2.24, 2.45) is 5.10 Å². The Labute approximate surface area is 133 Å². The number of nitrogens with zero attached hydrogens (tertiary/aromatic N) is 5.